The Morgan fingerprint density at radius 2 is 1.88 bits per heavy atom. The third kappa shape index (κ3) is 3.14. The van der Waals surface area contributed by atoms with Crippen LogP contribution < -0.4 is 15.0 Å². The van der Waals surface area contributed by atoms with Gasteiger partial charge in [0.2, 0.25) is 0 Å². The van der Waals surface area contributed by atoms with Gasteiger partial charge in [-0.25, -0.2) is 0 Å². The number of nitriles is 1. The van der Waals surface area contributed by atoms with Crippen molar-refractivity contribution in [2.45, 2.75) is 6.92 Å². The molecule has 0 aliphatic heterocycles. The fraction of sp³-hybridized carbons (Fsp3) is 0.158. The van der Waals surface area contributed by atoms with Crippen LogP contribution in [0.3, 0.4) is 0 Å². The molecule has 0 atom stereocenters. The molecule has 3 aromatic rings. The van der Waals surface area contributed by atoms with Gasteiger partial charge in [0, 0.05) is 22.1 Å². The molecule has 1 N–H and O–H groups in total. The number of methoxy groups -OCH3 is 2. The van der Waals surface area contributed by atoms with Crippen molar-refractivity contribution >= 4 is 11.3 Å². The number of hydrogen-bond acceptors (Lipinski definition) is 5. The molecule has 1 aromatic carbocycles. The first-order valence-electron chi connectivity index (χ1n) is 7.54. The maximum atomic E-state index is 12.4. The van der Waals surface area contributed by atoms with Crippen molar-refractivity contribution in [2.75, 3.05) is 14.2 Å². The highest BCUT2D eigenvalue weighted by Crippen LogP contribution is 2.36. The molecule has 2 aromatic heterocycles. The molecule has 0 unspecified atom stereocenters. The van der Waals surface area contributed by atoms with Crippen molar-refractivity contribution in [1.29, 1.82) is 5.26 Å². The quantitative estimate of drug-likeness (QED) is 0.771. The van der Waals surface area contributed by atoms with Crippen molar-refractivity contribution in [1.82, 2.24) is 4.98 Å². The summed E-state index contributed by atoms with van der Waals surface area (Å²) < 4.78 is 10.6. The summed E-state index contributed by atoms with van der Waals surface area (Å²) in [5.74, 6) is 1.17. The van der Waals surface area contributed by atoms with Gasteiger partial charge in [-0.3, -0.25) is 4.79 Å². The maximum Gasteiger partial charge on any atom is 0.266 e. The molecule has 126 valence electrons. The smallest absolute Gasteiger partial charge is 0.266 e. The molecule has 0 amide bonds. The highest BCUT2D eigenvalue weighted by Gasteiger charge is 2.17. The number of ether oxygens (including phenoxy) is 2. The van der Waals surface area contributed by atoms with E-state index in [9.17, 15) is 10.1 Å². The minimum atomic E-state index is -0.418. The minimum absolute atomic E-state index is 0.0560. The van der Waals surface area contributed by atoms with Crippen LogP contribution in [0.2, 0.25) is 0 Å². The third-order valence-corrected chi connectivity index (χ3v) is 4.88. The van der Waals surface area contributed by atoms with Crippen LogP contribution >= 0.6 is 11.3 Å². The number of nitrogens with zero attached hydrogens (tertiary/aromatic N) is 1. The first kappa shape index (κ1) is 16.8. The number of aromatic amines is 1. The molecule has 0 aliphatic carbocycles. The van der Waals surface area contributed by atoms with Gasteiger partial charge in [0.1, 0.15) is 23.1 Å². The molecule has 3 rings (SSSR count). The summed E-state index contributed by atoms with van der Waals surface area (Å²) in [7, 11) is 3.11. The van der Waals surface area contributed by atoms with E-state index in [-0.39, 0.29) is 5.56 Å². The molecule has 0 aliphatic rings. The summed E-state index contributed by atoms with van der Waals surface area (Å²) in [6.45, 7) is 2.00. The lowest BCUT2D eigenvalue weighted by Gasteiger charge is -2.12. The SMILES string of the molecule is COc1ccc(-c2cc(-c3ccc(C)s3)[nH]c(=O)c2C#N)c(OC)c1. The van der Waals surface area contributed by atoms with Gasteiger partial charge in [-0.2, -0.15) is 5.26 Å². The van der Waals surface area contributed by atoms with Crippen LogP contribution in [0.25, 0.3) is 21.7 Å². The largest absolute Gasteiger partial charge is 0.497 e. The Balaban J connectivity index is 2.27. The van der Waals surface area contributed by atoms with E-state index in [0.717, 1.165) is 9.75 Å². The first-order chi connectivity index (χ1) is 12.1. The number of aromatic nitrogens is 1. The molecule has 0 spiro atoms. The van der Waals surface area contributed by atoms with E-state index in [2.05, 4.69) is 4.98 Å². The van der Waals surface area contributed by atoms with Crippen LogP contribution in [0, 0.1) is 18.3 Å². The van der Waals surface area contributed by atoms with Crippen molar-refractivity contribution in [2.24, 2.45) is 0 Å². The van der Waals surface area contributed by atoms with Gasteiger partial charge in [0.25, 0.3) is 5.56 Å². The van der Waals surface area contributed by atoms with E-state index in [4.69, 9.17) is 9.47 Å². The van der Waals surface area contributed by atoms with Gasteiger partial charge in [-0.15, -0.1) is 11.3 Å². The number of thiophene rings is 1. The Labute approximate surface area is 149 Å². The van der Waals surface area contributed by atoms with Crippen LogP contribution in [0.1, 0.15) is 10.4 Å². The zero-order valence-corrected chi connectivity index (χ0v) is 14.9. The minimum Gasteiger partial charge on any atom is -0.497 e. The fourth-order valence-electron chi connectivity index (χ4n) is 2.62. The van der Waals surface area contributed by atoms with Crippen molar-refractivity contribution in [3.8, 4) is 39.3 Å². The van der Waals surface area contributed by atoms with E-state index in [1.165, 1.54) is 0 Å². The summed E-state index contributed by atoms with van der Waals surface area (Å²) in [6.07, 6.45) is 0. The molecule has 0 fully saturated rings. The van der Waals surface area contributed by atoms with Crippen LogP contribution in [-0.4, -0.2) is 19.2 Å². The van der Waals surface area contributed by atoms with E-state index < -0.39 is 5.56 Å². The molecule has 6 heteroatoms. The van der Waals surface area contributed by atoms with Crippen LogP contribution in [0.5, 0.6) is 11.5 Å². The summed E-state index contributed by atoms with van der Waals surface area (Å²) >= 11 is 1.58. The Hall–Kier alpha value is -3.04. The maximum absolute atomic E-state index is 12.4. The Kier molecular flexibility index (Phi) is 4.59. The molecule has 0 saturated carbocycles. The molecule has 0 radical (unpaired) electrons. The number of benzene rings is 1. The zero-order chi connectivity index (χ0) is 18.0. The van der Waals surface area contributed by atoms with E-state index in [0.29, 0.717) is 28.3 Å². The third-order valence-electron chi connectivity index (χ3n) is 3.85. The molecule has 25 heavy (non-hydrogen) atoms. The van der Waals surface area contributed by atoms with Crippen LogP contribution in [0.4, 0.5) is 0 Å². The lowest BCUT2D eigenvalue weighted by Crippen LogP contribution is -2.12. The van der Waals surface area contributed by atoms with E-state index in [1.807, 2.05) is 31.2 Å². The molecular weight excluding hydrogens is 336 g/mol. The predicted molar refractivity (Wildman–Crippen MR) is 98.4 cm³/mol. The summed E-state index contributed by atoms with van der Waals surface area (Å²) in [5.41, 5.74) is 1.52. The van der Waals surface area contributed by atoms with Gasteiger partial charge in [0.15, 0.2) is 0 Å². The summed E-state index contributed by atoms with van der Waals surface area (Å²) in [4.78, 5) is 17.3. The van der Waals surface area contributed by atoms with Gasteiger partial charge in [0.05, 0.1) is 24.8 Å². The molecule has 2 heterocycles. The Morgan fingerprint density at radius 3 is 2.48 bits per heavy atom. The average molecular weight is 352 g/mol. The highest BCUT2D eigenvalue weighted by molar-refractivity contribution is 7.15. The number of H-pyrrole nitrogens is 1. The van der Waals surface area contributed by atoms with Gasteiger partial charge >= 0.3 is 0 Å². The Bertz CT molecular complexity index is 1030. The predicted octanol–water partition coefficient (Wildman–Crippen LogP) is 3.97. The van der Waals surface area contributed by atoms with Crippen molar-refractivity contribution in [3.63, 3.8) is 0 Å². The van der Waals surface area contributed by atoms with E-state index in [1.54, 1.807) is 43.8 Å². The zero-order valence-electron chi connectivity index (χ0n) is 14.0. The summed E-state index contributed by atoms with van der Waals surface area (Å²) in [6, 6.07) is 13.0. The lowest BCUT2D eigenvalue weighted by atomic mass is 9.99. The normalized spacial score (nSPS) is 10.3. The number of nitrogens with one attached hydrogen (secondary N) is 1. The first-order valence-corrected chi connectivity index (χ1v) is 8.35. The second-order valence-corrected chi connectivity index (χ2v) is 6.68. The number of rotatable bonds is 4. The van der Waals surface area contributed by atoms with E-state index >= 15 is 0 Å². The van der Waals surface area contributed by atoms with Crippen molar-refractivity contribution < 1.29 is 9.47 Å². The fourth-order valence-corrected chi connectivity index (χ4v) is 3.46. The Morgan fingerprint density at radius 1 is 1.08 bits per heavy atom. The topological polar surface area (TPSA) is 75.1 Å². The van der Waals surface area contributed by atoms with Crippen LogP contribution in [0.15, 0.2) is 41.2 Å². The van der Waals surface area contributed by atoms with Gasteiger partial charge in [-0.05, 0) is 37.3 Å². The molecule has 0 bridgehead atoms. The molecule has 0 saturated heterocycles. The van der Waals surface area contributed by atoms with Gasteiger partial charge < -0.3 is 14.5 Å². The standard InChI is InChI=1S/C19H16N2O3S/c1-11-4-7-18(25-11)16-9-14(15(10-20)19(22)21-16)13-6-5-12(23-2)8-17(13)24-3/h4-9H,1-3H3,(H,21,22). The molecular formula is C19H16N2O3S. The second kappa shape index (κ2) is 6.83. The van der Waals surface area contributed by atoms with Gasteiger partial charge in [-0.1, -0.05) is 0 Å². The molecule has 5 nitrogen and oxygen atoms in total. The second-order valence-electron chi connectivity index (χ2n) is 5.39. The van der Waals surface area contributed by atoms with Crippen molar-refractivity contribution in [3.05, 3.63) is 57.2 Å². The number of hydrogen-bond donors (Lipinski definition) is 1. The number of pyridine rings is 1. The number of aryl methyl sites for hydroxylation is 1. The summed E-state index contributed by atoms with van der Waals surface area (Å²) in [5, 5.41) is 9.46. The monoisotopic (exact) mass is 352 g/mol. The lowest BCUT2D eigenvalue weighted by molar-refractivity contribution is 0.395. The van der Waals surface area contributed by atoms with Crippen LogP contribution in [-0.2, 0) is 0 Å². The highest BCUT2D eigenvalue weighted by atomic mass is 32.1. The average Bonchev–Trinajstić information content (AvgIpc) is 3.06.